The van der Waals surface area contributed by atoms with Crippen molar-refractivity contribution in [1.82, 2.24) is 4.57 Å². The zero-order valence-corrected chi connectivity index (χ0v) is 24.0. The SMILES string of the molecule is COc1cc(/C=c2/sc3n(c2=O)[C@H](c2ccc(F)cc2)C2=C(N=3)c3ccccc3CC2)cc(I)c1OC(C)=O. The fraction of sp³-hybridized carbons (Fsp3) is 0.167. The second-order valence-electron chi connectivity index (χ2n) is 9.29. The van der Waals surface area contributed by atoms with E-state index in [9.17, 15) is 14.0 Å². The Morgan fingerprint density at radius 2 is 1.92 bits per heavy atom. The van der Waals surface area contributed by atoms with Gasteiger partial charge in [0, 0.05) is 12.5 Å². The van der Waals surface area contributed by atoms with Gasteiger partial charge in [0.2, 0.25) is 0 Å². The molecule has 39 heavy (non-hydrogen) atoms. The Balaban J connectivity index is 1.56. The molecule has 4 aromatic rings. The van der Waals surface area contributed by atoms with Crippen LogP contribution >= 0.6 is 33.9 Å². The van der Waals surface area contributed by atoms with Gasteiger partial charge in [0.25, 0.3) is 5.56 Å². The molecule has 0 amide bonds. The van der Waals surface area contributed by atoms with Crippen LogP contribution in [0.25, 0.3) is 11.8 Å². The highest BCUT2D eigenvalue weighted by atomic mass is 127. The van der Waals surface area contributed by atoms with E-state index in [1.807, 2.05) is 18.2 Å². The van der Waals surface area contributed by atoms with E-state index in [4.69, 9.17) is 14.5 Å². The first-order valence-electron chi connectivity index (χ1n) is 12.3. The van der Waals surface area contributed by atoms with Crippen molar-refractivity contribution in [3.63, 3.8) is 0 Å². The third-order valence-corrected chi connectivity index (χ3v) is 8.64. The molecular weight excluding hydrogens is 630 g/mol. The van der Waals surface area contributed by atoms with E-state index in [1.54, 1.807) is 28.8 Å². The van der Waals surface area contributed by atoms with Gasteiger partial charge in [0.15, 0.2) is 16.3 Å². The van der Waals surface area contributed by atoms with E-state index in [-0.39, 0.29) is 17.4 Å². The molecule has 196 valence electrons. The van der Waals surface area contributed by atoms with Gasteiger partial charge in [-0.2, -0.15) is 0 Å². The Morgan fingerprint density at radius 3 is 2.67 bits per heavy atom. The van der Waals surface area contributed by atoms with Crippen molar-refractivity contribution in [3.05, 3.63) is 118 Å². The number of methoxy groups -OCH3 is 1. The fourth-order valence-corrected chi connectivity index (χ4v) is 6.92. The van der Waals surface area contributed by atoms with Crippen molar-refractivity contribution < 1.29 is 18.7 Å². The van der Waals surface area contributed by atoms with Crippen LogP contribution in [0.15, 0.2) is 76.0 Å². The van der Waals surface area contributed by atoms with Crippen LogP contribution in [0.2, 0.25) is 0 Å². The van der Waals surface area contributed by atoms with Crippen LogP contribution in [-0.4, -0.2) is 17.6 Å². The van der Waals surface area contributed by atoms with Crippen LogP contribution in [-0.2, 0) is 11.2 Å². The summed E-state index contributed by atoms with van der Waals surface area (Å²) in [4.78, 5) is 31.1. The summed E-state index contributed by atoms with van der Waals surface area (Å²) < 4.78 is 27.6. The average molecular weight is 652 g/mol. The summed E-state index contributed by atoms with van der Waals surface area (Å²) in [6, 6.07) is 17.8. The quantitative estimate of drug-likeness (QED) is 0.177. The topological polar surface area (TPSA) is 69.9 Å². The van der Waals surface area contributed by atoms with Crippen molar-refractivity contribution in [1.29, 1.82) is 0 Å². The van der Waals surface area contributed by atoms with Gasteiger partial charge < -0.3 is 9.47 Å². The van der Waals surface area contributed by atoms with Crippen LogP contribution in [0.3, 0.4) is 0 Å². The van der Waals surface area contributed by atoms with Crippen LogP contribution in [0, 0.1) is 9.39 Å². The summed E-state index contributed by atoms with van der Waals surface area (Å²) in [5.41, 5.74) is 5.65. The number of rotatable bonds is 4. The predicted molar refractivity (Wildman–Crippen MR) is 156 cm³/mol. The Labute approximate surface area is 240 Å². The van der Waals surface area contributed by atoms with E-state index in [2.05, 4.69) is 34.7 Å². The van der Waals surface area contributed by atoms with Gasteiger partial charge in [-0.05, 0) is 88.0 Å². The Bertz CT molecular complexity index is 1860. The van der Waals surface area contributed by atoms with E-state index in [1.165, 1.54) is 43.1 Å². The van der Waals surface area contributed by atoms with Crippen molar-refractivity contribution >= 4 is 51.7 Å². The number of fused-ring (bicyclic) bond motifs is 3. The highest BCUT2D eigenvalue weighted by Crippen LogP contribution is 2.41. The molecule has 0 bridgehead atoms. The third kappa shape index (κ3) is 4.63. The molecule has 1 aromatic heterocycles. The molecule has 2 heterocycles. The molecule has 3 aromatic carbocycles. The molecule has 1 atom stereocenters. The number of allylic oxidation sites excluding steroid dienone is 1. The first-order valence-corrected chi connectivity index (χ1v) is 14.2. The Morgan fingerprint density at radius 1 is 1.15 bits per heavy atom. The lowest BCUT2D eigenvalue weighted by Crippen LogP contribution is -2.38. The van der Waals surface area contributed by atoms with Crippen molar-refractivity contribution in [3.8, 4) is 11.5 Å². The zero-order chi connectivity index (χ0) is 27.3. The first-order chi connectivity index (χ1) is 18.8. The number of hydrogen-bond donors (Lipinski definition) is 0. The van der Waals surface area contributed by atoms with Gasteiger partial charge in [-0.3, -0.25) is 14.2 Å². The smallest absolute Gasteiger partial charge is 0.308 e. The third-order valence-electron chi connectivity index (χ3n) is 6.85. The molecule has 9 heteroatoms. The minimum atomic E-state index is -0.446. The van der Waals surface area contributed by atoms with Crippen LogP contribution in [0.5, 0.6) is 11.5 Å². The lowest BCUT2D eigenvalue weighted by molar-refractivity contribution is -0.132. The number of aromatic nitrogens is 1. The summed E-state index contributed by atoms with van der Waals surface area (Å²) in [6.07, 6.45) is 3.40. The zero-order valence-electron chi connectivity index (χ0n) is 21.0. The van der Waals surface area contributed by atoms with E-state index >= 15 is 0 Å². The molecule has 0 radical (unpaired) electrons. The van der Waals surface area contributed by atoms with Crippen LogP contribution < -0.4 is 24.4 Å². The number of carbonyl (C=O) groups excluding carboxylic acids is 1. The Hall–Kier alpha value is -3.57. The molecule has 1 aliphatic carbocycles. The minimum Gasteiger partial charge on any atom is -0.493 e. The molecule has 2 aliphatic rings. The maximum atomic E-state index is 13.9. The van der Waals surface area contributed by atoms with Crippen molar-refractivity contribution in [2.24, 2.45) is 4.99 Å². The molecule has 6 nitrogen and oxygen atoms in total. The predicted octanol–water partition coefficient (Wildman–Crippen LogP) is 5.00. The highest BCUT2D eigenvalue weighted by molar-refractivity contribution is 14.1. The van der Waals surface area contributed by atoms with Crippen LogP contribution in [0.4, 0.5) is 4.39 Å². The monoisotopic (exact) mass is 652 g/mol. The van der Waals surface area contributed by atoms with Crippen LogP contribution in [0.1, 0.15) is 41.6 Å². The molecule has 0 unspecified atom stereocenters. The number of halogens is 2. The van der Waals surface area contributed by atoms with Gasteiger partial charge in [-0.1, -0.05) is 47.7 Å². The number of thiazole rings is 1. The molecule has 1 aliphatic heterocycles. The standard InChI is InChI=1S/C30H22FIN2O4S/c1-16(35)38-28-23(32)13-17(14-24(28)37-2)15-25-29(36)34-27(19-7-10-20(31)11-8-19)22-12-9-18-5-3-4-6-21(18)26(22)33-30(34)39-25/h3-8,10-11,13-15,27H,9,12H2,1-2H3/b25-15+/t27-/m1/s1. The second-order valence-corrected chi connectivity index (χ2v) is 11.5. The summed E-state index contributed by atoms with van der Waals surface area (Å²) in [7, 11) is 1.50. The molecule has 6 rings (SSSR count). The largest absolute Gasteiger partial charge is 0.493 e. The summed E-state index contributed by atoms with van der Waals surface area (Å²) in [6.45, 7) is 1.33. The second kappa shape index (κ2) is 10.2. The number of ether oxygens (including phenoxy) is 2. The minimum absolute atomic E-state index is 0.170. The molecule has 0 fully saturated rings. The number of carbonyl (C=O) groups is 1. The maximum Gasteiger partial charge on any atom is 0.308 e. The number of aryl methyl sites for hydroxylation is 1. The lowest BCUT2D eigenvalue weighted by Gasteiger charge is -2.30. The normalized spacial score (nSPS) is 16.2. The summed E-state index contributed by atoms with van der Waals surface area (Å²) in [5, 5.41) is 0. The maximum absolute atomic E-state index is 13.9. The van der Waals surface area contributed by atoms with Gasteiger partial charge in [-0.15, -0.1) is 0 Å². The molecule has 0 saturated carbocycles. The van der Waals surface area contributed by atoms with Gasteiger partial charge in [0.1, 0.15) is 5.82 Å². The van der Waals surface area contributed by atoms with Gasteiger partial charge in [0.05, 0.1) is 27.0 Å². The average Bonchev–Trinajstić information content (AvgIpc) is 3.23. The lowest BCUT2D eigenvalue weighted by atomic mass is 9.83. The molecule has 0 N–H and O–H groups in total. The fourth-order valence-electron chi connectivity index (χ4n) is 5.18. The summed E-state index contributed by atoms with van der Waals surface area (Å²) >= 11 is 3.39. The van der Waals surface area contributed by atoms with E-state index < -0.39 is 5.97 Å². The molecule has 0 spiro atoms. The van der Waals surface area contributed by atoms with E-state index in [0.717, 1.165) is 40.8 Å². The number of esters is 1. The van der Waals surface area contributed by atoms with Gasteiger partial charge in [-0.25, -0.2) is 9.38 Å². The van der Waals surface area contributed by atoms with Gasteiger partial charge >= 0.3 is 5.97 Å². The number of nitrogens with zero attached hydrogens (tertiary/aromatic N) is 2. The molecular formula is C30H22FIN2O4S. The Kier molecular flexibility index (Phi) is 6.72. The summed E-state index contributed by atoms with van der Waals surface area (Å²) in [5.74, 6) is -0.0343. The molecule has 0 saturated heterocycles. The van der Waals surface area contributed by atoms with Crippen molar-refractivity contribution in [2.45, 2.75) is 25.8 Å². The highest BCUT2D eigenvalue weighted by Gasteiger charge is 2.32. The van der Waals surface area contributed by atoms with E-state index in [0.29, 0.717) is 24.4 Å². The first kappa shape index (κ1) is 25.7. The van der Waals surface area contributed by atoms with Crippen molar-refractivity contribution in [2.75, 3.05) is 7.11 Å². The number of benzene rings is 3. The number of hydrogen-bond acceptors (Lipinski definition) is 6.